The van der Waals surface area contributed by atoms with Gasteiger partial charge in [0.1, 0.15) is 0 Å². The summed E-state index contributed by atoms with van der Waals surface area (Å²) in [6, 6.07) is 24.3. The summed E-state index contributed by atoms with van der Waals surface area (Å²) in [5.41, 5.74) is 1.82. The second-order valence-corrected chi connectivity index (χ2v) is 10.7. The van der Waals surface area contributed by atoms with E-state index in [9.17, 15) is 13.5 Å². The van der Waals surface area contributed by atoms with Gasteiger partial charge >= 0.3 is 0 Å². The highest BCUT2D eigenvalue weighted by atomic mass is 32.2. The molecule has 5 nitrogen and oxygen atoms in total. The van der Waals surface area contributed by atoms with E-state index in [0.29, 0.717) is 17.2 Å². The number of fused-ring (bicyclic) bond motifs is 3. The minimum atomic E-state index is -3.39. The lowest BCUT2D eigenvalue weighted by atomic mass is 10.0. The van der Waals surface area contributed by atoms with Crippen LogP contribution in [-0.2, 0) is 22.0 Å². The summed E-state index contributed by atoms with van der Waals surface area (Å²) in [5, 5.41) is 12.6. The monoisotopic (exact) mass is 436 g/mol. The number of sulfone groups is 1. The lowest BCUT2D eigenvalue weighted by Crippen LogP contribution is -2.46. The van der Waals surface area contributed by atoms with Crippen LogP contribution in [0.1, 0.15) is 11.1 Å². The lowest BCUT2D eigenvalue weighted by molar-refractivity contribution is 0.0591. The fourth-order valence-electron chi connectivity index (χ4n) is 4.11. The molecule has 0 saturated carbocycles. The van der Waals surface area contributed by atoms with Crippen LogP contribution in [0.4, 0.5) is 11.4 Å². The van der Waals surface area contributed by atoms with Gasteiger partial charge in [-0.15, -0.1) is 0 Å². The predicted octanol–water partition coefficient (Wildman–Crippen LogP) is 4.10. The number of para-hydroxylation sites is 2. The highest BCUT2D eigenvalue weighted by Gasteiger charge is 2.58. The molecule has 3 aromatic rings. The van der Waals surface area contributed by atoms with Gasteiger partial charge < -0.3 is 5.11 Å². The van der Waals surface area contributed by atoms with Gasteiger partial charge in [-0.2, -0.15) is 0 Å². The van der Waals surface area contributed by atoms with Gasteiger partial charge in [-0.3, -0.25) is 4.90 Å². The molecule has 0 bridgehead atoms. The van der Waals surface area contributed by atoms with Crippen LogP contribution >= 0.6 is 11.8 Å². The largest absolute Gasteiger partial charge is 0.365 e. The van der Waals surface area contributed by atoms with E-state index >= 15 is 0 Å². The van der Waals surface area contributed by atoms with Crippen LogP contribution in [0.5, 0.6) is 0 Å². The Morgan fingerprint density at radius 3 is 2.37 bits per heavy atom. The van der Waals surface area contributed by atoms with E-state index < -0.39 is 15.6 Å². The summed E-state index contributed by atoms with van der Waals surface area (Å²) in [5.74, 6) is 0. The van der Waals surface area contributed by atoms with Gasteiger partial charge in [0.15, 0.2) is 20.7 Å². The maximum atomic E-state index is 12.2. The van der Waals surface area contributed by atoms with Crippen molar-refractivity contribution in [3.05, 3.63) is 90.0 Å². The third-order valence-corrected chi connectivity index (χ3v) is 7.91. The summed E-state index contributed by atoms with van der Waals surface area (Å²) < 4.78 is 24.3. The second-order valence-electron chi connectivity index (χ2n) is 7.53. The fraction of sp³-hybridized carbons (Fsp3) is 0.174. The van der Waals surface area contributed by atoms with Crippen LogP contribution in [0.3, 0.4) is 0 Å². The highest BCUT2D eigenvalue weighted by molar-refractivity contribution is 8.15. The Balaban J connectivity index is 1.70. The van der Waals surface area contributed by atoms with Crippen LogP contribution in [0.15, 0.2) is 88.8 Å². The number of amidine groups is 1. The molecule has 1 saturated heterocycles. The van der Waals surface area contributed by atoms with Crippen LogP contribution < -0.4 is 4.90 Å². The topological polar surface area (TPSA) is 70.0 Å². The van der Waals surface area contributed by atoms with E-state index in [1.165, 1.54) is 18.0 Å². The van der Waals surface area contributed by atoms with Crippen molar-refractivity contribution in [3.63, 3.8) is 0 Å². The normalized spacial score (nSPS) is 24.1. The Labute approximate surface area is 180 Å². The standard InChI is InChI=1S/C23H20N2O3S2/c1-30(27,28)19-13-12-16-14-21-23(26,20(16)15-19)25(18-10-6-3-7-11-18)22(29-21)24-17-8-4-2-5-9-17/h2-13,15,21,26H,14H2,1H3/b24-22-. The average molecular weight is 437 g/mol. The van der Waals surface area contributed by atoms with Crippen LogP contribution in [0.2, 0.25) is 0 Å². The fourth-order valence-corrected chi connectivity index (χ4v) is 6.18. The van der Waals surface area contributed by atoms with Crippen molar-refractivity contribution in [2.75, 3.05) is 11.2 Å². The summed E-state index contributed by atoms with van der Waals surface area (Å²) in [4.78, 5) is 6.87. The highest BCUT2D eigenvalue weighted by Crippen LogP contribution is 2.54. The Morgan fingerprint density at radius 2 is 1.70 bits per heavy atom. The minimum absolute atomic E-state index is 0.190. The maximum absolute atomic E-state index is 12.2. The number of hydrogen-bond acceptors (Lipinski definition) is 5. The van der Waals surface area contributed by atoms with Crippen molar-refractivity contribution < 1.29 is 13.5 Å². The number of aliphatic hydroxyl groups is 1. The van der Waals surface area contributed by atoms with Crippen molar-refractivity contribution in [1.29, 1.82) is 0 Å². The second kappa shape index (κ2) is 6.97. The Bertz CT molecular complexity index is 1240. The number of nitrogens with zero attached hydrogens (tertiary/aromatic N) is 2. The molecule has 2 atom stereocenters. The first-order chi connectivity index (χ1) is 14.4. The van der Waals surface area contributed by atoms with E-state index in [0.717, 1.165) is 16.9 Å². The molecular formula is C23H20N2O3S2. The Morgan fingerprint density at radius 1 is 1.03 bits per heavy atom. The molecule has 3 aromatic carbocycles. The number of hydrogen-bond donors (Lipinski definition) is 1. The molecule has 0 aromatic heterocycles. The van der Waals surface area contributed by atoms with E-state index in [4.69, 9.17) is 4.99 Å². The van der Waals surface area contributed by atoms with Gasteiger partial charge in [0.05, 0.1) is 15.8 Å². The average Bonchev–Trinajstić information content (AvgIpc) is 3.16. The molecule has 1 aliphatic carbocycles. The Hall–Kier alpha value is -2.61. The zero-order valence-corrected chi connectivity index (χ0v) is 17.9. The minimum Gasteiger partial charge on any atom is -0.365 e. The maximum Gasteiger partial charge on any atom is 0.183 e. The SMILES string of the molecule is CS(=O)(=O)c1ccc2c(c1)C1(O)C(C2)S/C(=N\c2ccccc2)N1c1ccccc1. The molecule has 1 fully saturated rings. The van der Waals surface area contributed by atoms with Crippen molar-refractivity contribution in [3.8, 4) is 0 Å². The smallest absolute Gasteiger partial charge is 0.183 e. The predicted molar refractivity (Wildman–Crippen MR) is 121 cm³/mol. The first-order valence-electron chi connectivity index (χ1n) is 9.59. The first kappa shape index (κ1) is 19.4. The van der Waals surface area contributed by atoms with E-state index in [1.54, 1.807) is 12.1 Å². The van der Waals surface area contributed by atoms with E-state index in [1.807, 2.05) is 71.6 Å². The molecule has 1 N–H and O–H groups in total. The van der Waals surface area contributed by atoms with Crippen LogP contribution in [0, 0.1) is 0 Å². The zero-order chi connectivity index (χ0) is 20.9. The van der Waals surface area contributed by atoms with Gasteiger partial charge in [-0.1, -0.05) is 54.2 Å². The van der Waals surface area contributed by atoms with Crippen molar-refractivity contribution in [1.82, 2.24) is 0 Å². The van der Waals surface area contributed by atoms with Crippen molar-refractivity contribution in [2.24, 2.45) is 4.99 Å². The van der Waals surface area contributed by atoms with Gasteiger partial charge in [0.2, 0.25) is 0 Å². The zero-order valence-electron chi connectivity index (χ0n) is 16.3. The van der Waals surface area contributed by atoms with Gasteiger partial charge in [0, 0.05) is 17.5 Å². The summed E-state index contributed by atoms with van der Waals surface area (Å²) in [7, 11) is -3.39. The van der Waals surface area contributed by atoms with Crippen molar-refractivity contribution >= 4 is 38.1 Å². The summed E-state index contributed by atoms with van der Waals surface area (Å²) in [6.45, 7) is 0. The quantitative estimate of drug-likeness (QED) is 0.669. The number of benzene rings is 3. The molecule has 2 unspecified atom stereocenters. The van der Waals surface area contributed by atoms with Gasteiger partial charge in [-0.05, 0) is 48.4 Å². The lowest BCUT2D eigenvalue weighted by Gasteiger charge is -2.35. The molecule has 0 radical (unpaired) electrons. The number of anilines is 1. The summed E-state index contributed by atoms with van der Waals surface area (Å²) >= 11 is 1.52. The molecule has 0 spiro atoms. The van der Waals surface area contributed by atoms with E-state index in [2.05, 4.69) is 0 Å². The molecule has 7 heteroatoms. The van der Waals surface area contributed by atoms with E-state index in [-0.39, 0.29) is 10.1 Å². The molecule has 1 heterocycles. The van der Waals surface area contributed by atoms with Crippen LogP contribution in [0.25, 0.3) is 0 Å². The van der Waals surface area contributed by atoms with Crippen LogP contribution in [-0.4, -0.2) is 30.2 Å². The molecular weight excluding hydrogens is 416 g/mol. The van der Waals surface area contributed by atoms with Gasteiger partial charge in [0.25, 0.3) is 0 Å². The van der Waals surface area contributed by atoms with Gasteiger partial charge in [-0.25, -0.2) is 13.4 Å². The molecule has 30 heavy (non-hydrogen) atoms. The number of thioether (sulfide) groups is 1. The van der Waals surface area contributed by atoms with Crippen molar-refractivity contribution in [2.45, 2.75) is 22.3 Å². The summed E-state index contributed by atoms with van der Waals surface area (Å²) in [6.07, 6.45) is 1.82. The third kappa shape index (κ3) is 3.05. The first-order valence-corrected chi connectivity index (χ1v) is 12.4. The molecule has 152 valence electrons. The number of rotatable bonds is 3. The molecule has 1 aliphatic heterocycles. The number of aliphatic imine (C=N–C) groups is 1. The molecule has 2 aliphatic rings. The molecule has 0 amide bonds. The third-order valence-electron chi connectivity index (χ3n) is 5.54. The Kier molecular flexibility index (Phi) is 4.50. The molecule has 5 rings (SSSR count).